The van der Waals surface area contributed by atoms with Gasteiger partial charge < -0.3 is 20.6 Å². The number of amides is 5. The van der Waals surface area contributed by atoms with Gasteiger partial charge in [-0.25, -0.2) is 4.79 Å². The molecule has 3 aromatic carbocycles. The lowest BCUT2D eigenvalue weighted by molar-refractivity contribution is -0.136. The minimum absolute atomic E-state index is 0.175. The Morgan fingerprint density at radius 3 is 2.67 bits per heavy atom. The van der Waals surface area contributed by atoms with Crippen molar-refractivity contribution in [3.8, 4) is 5.75 Å². The number of nitrogens with one attached hydrogen (secondary N) is 3. The molecule has 5 amide bonds. The van der Waals surface area contributed by atoms with Crippen LogP contribution in [0.2, 0.25) is 0 Å². The predicted molar refractivity (Wildman–Crippen MR) is 133 cm³/mol. The van der Waals surface area contributed by atoms with Gasteiger partial charge in [-0.05, 0) is 67.1 Å². The molecule has 4 N–H and O–H groups in total. The molecule has 2 aliphatic heterocycles. The van der Waals surface area contributed by atoms with Crippen molar-refractivity contribution < 1.29 is 24.3 Å². The van der Waals surface area contributed by atoms with Gasteiger partial charge in [-0.3, -0.25) is 19.7 Å². The second-order valence-corrected chi connectivity index (χ2v) is 9.69. The summed E-state index contributed by atoms with van der Waals surface area (Å²) in [7, 11) is 0. The first-order valence-corrected chi connectivity index (χ1v) is 11.7. The van der Waals surface area contributed by atoms with Crippen LogP contribution in [0.5, 0.6) is 5.75 Å². The monoisotopic (exact) mass is 486 g/mol. The molecule has 0 aliphatic carbocycles. The maximum Gasteiger partial charge on any atom is 0.319 e. The van der Waals surface area contributed by atoms with Gasteiger partial charge in [-0.15, -0.1) is 0 Å². The maximum absolute atomic E-state index is 12.9. The average molecular weight is 487 g/mol. The number of piperidine rings is 1. The van der Waals surface area contributed by atoms with E-state index >= 15 is 0 Å². The van der Waals surface area contributed by atoms with Crippen LogP contribution in [0.4, 0.5) is 10.5 Å². The number of rotatable bonds is 4. The van der Waals surface area contributed by atoms with Crippen molar-refractivity contribution in [1.82, 2.24) is 15.5 Å². The minimum Gasteiger partial charge on any atom is -0.507 e. The molecule has 2 aliphatic rings. The van der Waals surface area contributed by atoms with Crippen molar-refractivity contribution in [2.45, 2.75) is 44.8 Å². The largest absolute Gasteiger partial charge is 0.507 e. The number of anilines is 1. The summed E-state index contributed by atoms with van der Waals surface area (Å²) >= 11 is 0. The second-order valence-electron chi connectivity index (χ2n) is 9.69. The Balaban J connectivity index is 1.28. The first-order valence-electron chi connectivity index (χ1n) is 11.7. The number of imide groups is 1. The highest BCUT2D eigenvalue weighted by Gasteiger charge is 2.39. The number of aromatic hydroxyl groups is 1. The molecular weight excluding hydrogens is 460 g/mol. The fourth-order valence-electron chi connectivity index (χ4n) is 4.82. The van der Waals surface area contributed by atoms with Gasteiger partial charge in [0.25, 0.3) is 5.91 Å². The molecular formula is C27H26N4O5. The highest BCUT2D eigenvalue weighted by molar-refractivity contribution is 6.05. The Labute approximate surface area is 207 Å². The first kappa shape index (κ1) is 23.3. The third kappa shape index (κ3) is 4.24. The maximum atomic E-state index is 12.9. The molecule has 1 saturated heterocycles. The lowest BCUT2D eigenvalue weighted by Gasteiger charge is -2.29. The Morgan fingerprint density at radius 1 is 1.08 bits per heavy atom. The molecule has 2 heterocycles. The summed E-state index contributed by atoms with van der Waals surface area (Å²) in [5, 5.41) is 19.9. The van der Waals surface area contributed by atoms with Crippen molar-refractivity contribution in [3.05, 3.63) is 71.3 Å². The van der Waals surface area contributed by atoms with Gasteiger partial charge in [0.05, 0.1) is 5.54 Å². The van der Waals surface area contributed by atoms with Crippen molar-refractivity contribution in [1.29, 1.82) is 0 Å². The molecule has 0 aromatic heterocycles. The molecule has 5 rings (SSSR count). The Bertz CT molecular complexity index is 1430. The standard InChI is InChI=1S/C27H26N4O5/c1-27(2,17-7-6-15-4-3-5-22(32)20(15)13-17)30-26(36)28-18-8-9-19-16(12-18)14-31(25(19)35)21-10-11-23(33)29-24(21)34/h3-9,12-13,21,32H,10-11,14H2,1-2H3,(H2,28,30,36)(H,29,33,34). The summed E-state index contributed by atoms with van der Waals surface area (Å²) in [5.41, 5.74) is 1.77. The molecule has 184 valence electrons. The van der Waals surface area contributed by atoms with E-state index in [4.69, 9.17) is 0 Å². The number of carbonyl (C=O) groups is 4. The van der Waals surface area contributed by atoms with Gasteiger partial charge in [-0.1, -0.05) is 24.3 Å². The van der Waals surface area contributed by atoms with Crippen molar-refractivity contribution in [2.75, 3.05) is 5.32 Å². The Hall–Kier alpha value is -4.40. The number of phenols is 1. The van der Waals surface area contributed by atoms with E-state index in [1.165, 1.54) is 4.90 Å². The molecule has 9 nitrogen and oxygen atoms in total. The molecule has 1 unspecified atom stereocenters. The number of nitrogens with zero attached hydrogens (tertiary/aromatic N) is 1. The molecule has 1 atom stereocenters. The van der Waals surface area contributed by atoms with Crippen LogP contribution in [-0.2, 0) is 21.7 Å². The summed E-state index contributed by atoms with van der Waals surface area (Å²) in [4.78, 5) is 50.9. The van der Waals surface area contributed by atoms with Gasteiger partial charge >= 0.3 is 6.03 Å². The Kier molecular flexibility index (Phi) is 5.62. The summed E-state index contributed by atoms with van der Waals surface area (Å²) in [6.07, 6.45) is 0.482. The van der Waals surface area contributed by atoms with E-state index in [-0.39, 0.29) is 30.5 Å². The lowest BCUT2D eigenvalue weighted by Crippen LogP contribution is -2.52. The summed E-state index contributed by atoms with van der Waals surface area (Å²) in [5.74, 6) is -0.888. The smallest absolute Gasteiger partial charge is 0.319 e. The van der Waals surface area contributed by atoms with E-state index in [1.807, 2.05) is 38.1 Å². The van der Waals surface area contributed by atoms with E-state index < -0.39 is 23.5 Å². The van der Waals surface area contributed by atoms with Crippen LogP contribution in [0, 0.1) is 0 Å². The summed E-state index contributed by atoms with van der Waals surface area (Å²) in [6.45, 7) is 3.96. The molecule has 0 bridgehead atoms. The van der Waals surface area contributed by atoms with Gasteiger partial charge in [0, 0.05) is 29.6 Å². The van der Waals surface area contributed by atoms with Gasteiger partial charge in [0.15, 0.2) is 0 Å². The van der Waals surface area contributed by atoms with E-state index in [9.17, 15) is 24.3 Å². The quantitative estimate of drug-likeness (QED) is 0.421. The average Bonchev–Trinajstić information content (AvgIpc) is 3.14. The van der Waals surface area contributed by atoms with E-state index in [0.717, 1.165) is 10.9 Å². The normalized spacial score (nSPS) is 17.7. The van der Waals surface area contributed by atoms with Crippen molar-refractivity contribution >= 4 is 40.2 Å². The number of fused-ring (bicyclic) bond motifs is 2. The SMILES string of the molecule is CC(C)(NC(=O)Nc1ccc2c(c1)CN(C1CCC(=O)NC1=O)C2=O)c1ccc2cccc(O)c2c1. The summed E-state index contributed by atoms with van der Waals surface area (Å²) in [6, 6.07) is 14.9. The first-order chi connectivity index (χ1) is 17.1. The number of phenolic OH excluding ortho intramolecular Hbond substituents is 1. The number of urea groups is 1. The van der Waals surface area contributed by atoms with Gasteiger partial charge in [0.1, 0.15) is 11.8 Å². The minimum atomic E-state index is -0.740. The highest BCUT2D eigenvalue weighted by atomic mass is 16.3. The number of hydrogen-bond donors (Lipinski definition) is 4. The van der Waals surface area contributed by atoms with Crippen LogP contribution in [0.15, 0.2) is 54.6 Å². The van der Waals surface area contributed by atoms with Crippen LogP contribution >= 0.6 is 0 Å². The van der Waals surface area contributed by atoms with E-state index in [1.54, 1.807) is 30.3 Å². The number of benzene rings is 3. The fraction of sp³-hybridized carbons (Fsp3) is 0.259. The Morgan fingerprint density at radius 2 is 1.89 bits per heavy atom. The van der Waals surface area contributed by atoms with E-state index in [2.05, 4.69) is 16.0 Å². The predicted octanol–water partition coefficient (Wildman–Crippen LogP) is 3.36. The van der Waals surface area contributed by atoms with Crippen molar-refractivity contribution in [3.63, 3.8) is 0 Å². The fourth-order valence-corrected chi connectivity index (χ4v) is 4.82. The zero-order valence-electron chi connectivity index (χ0n) is 19.9. The molecule has 0 spiro atoms. The number of hydrogen-bond acceptors (Lipinski definition) is 5. The molecule has 36 heavy (non-hydrogen) atoms. The van der Waals surface area contributed by atoms with Crippen LogP contribution in [0.25, 0.3) is 10.8 Å². The lowest BCUT2D eigenvalue weighted by atomic mass is 9.92. The molecule has 0 radical (unpaired) electrons. The molecule has 3 aromatic rings. The van der Waals surface area contributed by atoms with Gasteiger partial charge in [-0.2, -0.15) is 0 Å². The second kappa shape index (κ2) is 8.67. The van der Waals surface area contributed by atoms with Crippen molar-refractivity contribution in [2.24, 2.45) is 0 Å². The van der Waals surface area contributed by atoms with Crippen LogP contribution in [0.3, 0.4) is 0 Å². The number of carbonyl (C=O) groups excluding carboxylic acids is 4. The third-order valence-electron chi connectivity index (χ3n) is 6.79. The highest BCUT2D eigenvalue weighted by Crippen LogP contribution is 2.31. The van der Waals surface area contributed by atoms with E-state index in [0.29, 0.717) is 28.6 Å². The zero-order valence-corrected chi connectivity index (χ0v) is 19.9. The summed E-state index contributed by atoms with van der Waals surface area (Å²) < 4.78 is 0. The molecule has 9 heteroatoms. The molecule has 1 fully saturated rings. The van der Waals surface area contributed by atoms with Gasteiger partial charge in [0.2, 0.25) is 11.8 Å². The van der Waals surface area contributed by atoms with Crippen LogP contribution < -0.4 is 16.0 Å². The van der Waals surface area contributed by atoms with Crippen LogP contribution in [0.1, 0.15) is 48.2 Å². The third-order valence-corrected chi connectivity index (χ3v) is 6.79. The van der Waals surface area contributed by atoms with Crippen LogP contribution in [-0.4, -0.2) is 39.8 Å². The topological polar surface area (TPSA) is 128 Å². The zero-order chi connectivity index (χ0) is 25.6. The molecule has 0 saturated carbocycles.